The number of amides is 1. The lowest BCUT2D eigenvalue weighted by atomic mass is 10.2. The molecule has 25 heavy (non-hydrogen) atoms. The van der Waals surface area contributed by atoms with E-state index in [1.165, 1.54) is 24.5 Å². The minimum Gasteiger partial charge on any atom is -0.494 e. The Kier molecular flexibility index (Phi) is 5.15. The molecule has 0 aliphatic heterocycles. The summed E-state index contributed by atoms with van der Waals surface area (Å²) in [7, 11) is 3.12. The second kappa shape index (κ2) is 7.33. The molecule has 7 heteroatoms. The third kappa shape index (κ3) is 3.72. The Labute approximate surface area is 153 Å². The van der Waals surface area contributed by atoms with Crippen molar-refractivity contribution in [2.45, 2.75) is 13.5 Å². The fraction of sp³-hybridized carbons (Fsp3) is 0.222. The maximum absolute atomic E-state index is 13.8. The fourth-order valence-corrected chi connectivity index (χ4v) is 4.20. The summed E-state index contributed by atoms with van der Waals surface area (Å²) >= 11 is 2.98. The number of thiazole rings is 1. The zero-order valence-corrected chi connectivity index (χ0v) is 15.7. The number of carbonyl (C=O) groups excluding carboxylic acids is 1. The molecule has 1 amide bonds. The number of carbonyl (C=O) groups is 1. The van der Waals surface area contributed by atoms with Crippen LogP contribution in [0, 0.1) is 12.7 Å². The molecule has 0 saturated heterocycles. The van der Waals surface area contributed by atoms with E-state index < -0.39 is 5.82 Å². The summed E-state index contributed by atoms with van der Waals surface area (Å²) in [5.74, 6) is -0.362. The minimum absolute atomic E-state index is 0.118. The fourth-order valence-electron chi connectivity index (χ4n) is 2.43. The van der Waals surface area contributed by atoms with Gasteiger partial charge < -0.3 is 9.64 Å². The van der Waals surface area contributed by atoms with Gasteiger partial charge in [-0.05, 0) is 36.1 Å². The Morgan fingerprint density at radius 1 is 1.36 bits per heavy atom. The molecule has 0 unspecified atom stereocenters. The Bertz CT molecular complexity index is 891. The number of ether oxygens (including phenoxy) is 1. The molecule has 0 aliphatic rings. The van der Waals surface area contributed by atoms with Crippen LogP contribution in [-0.4, -0.2) is 29.9 Å². The van der Waals surface area contributed by atoms with Crippen LogP contribution in [0.3, 0.4) is 0 Å². The van der Waals surface area contributed by atoms with Crippen molar-refractivity contribution in [2.75, 3.05) is 14.2 Å². The number of hydrogen-bond donors (Lipinski definition) is 0. The van der Waals surface area contributed by atoms with Crippen molar-refractivity contribution in [3.63, 3.8) is 0 Å². The van der Waals surface area contributed by atoms with Gasteiger partial charge in [0, 0.05) is 24.5 Å². The summed E-state index contributed by atoms with van der Waals surface area (Å²) in [5.41, 5.74) is 2.44. The smallest absolute Gasteiger partial charge is 0.265 e. The van der Waals surface area contributed by atoms with Gasteiger partial charge in [0.25, 0.3) is 5.91 Å². The van der Waals surface area contributed by atoms with E-state index in [-0.39, 0.29) is 11.7 Å². The van der Waals surface area contributed by atoms with Crippen molar-refractivity contribution < 1.29 is 13.9 Å². The first kappa shape index (κ1) is 17.6. The van der Waals surface area contributed by atoms with Gasteiger partial charge in [0.1, 0.15) is 9.88 Å². The van der Waals surface area contributed by atoms with Gasteiger partial charge in [-0.15, -0.1) is 11.3 Å². The van der Waals surface area contributed by atoms with E-state index in [4.69, 9.17) is 4.74 Å². The van der Waals surface area contributed by atoms with Gasteiger partial charge in [0.2, 0.25) is 0 Å². The van der Waals surface area contributed by atoms with Crippen LogP contribution in [0.1, 0.15) is 20.9 Å². The highest BCUT2D eigenvalue weighted by atomic mass is 32.1. The molecule has 0 spiro atoms. The van der Waals surface area contributed by atoms with Crippen molar-refractivity contribution in [1.82, 2.24) is 9.88 Å². The number of thiophene rings is 1. The quantitative estimate of drug-likeness (QED) is 0.654. The lowest BCUT2D eigenvalue weighted by molar-refractivity contribution is 0.0788. The molecule has 3 aromatic rings. The SMILES string of the molecule is COc1ccc(CN(C)C(=O)c2sc(-c3ccsc3)nc2C)cc1F. The van der Waals surface area contributed by atoms with E-state index in [0.717, 1.165) is 10.6 Å². The third-order valence-corrected chi connectivity index (χ3v) is 5.62. The lowest BCUT2D eigenvalue weighted by Gasteiger charge is -2.17. The van der Waals surface area contributed by atoms with Gasteiger partial charge in [-0.1, -0.05) is 6.07 Å². The number of rotatable bonds is 5. The number of benzene rings is 1. The lowest BCUT2D eigenvalue weighted by Crippen LogP contribution is -2.26. The highest BCUT2D eigenvalue weighted by molar-refractivity contribution is 7.17. The largest absolute Gasteiger partial charge is 0.494 e. The number of nitrogens with zero attached hydrogens (tertiary/aromatic N) is 2. The average molecular weight is 376 g/mol. The second-order valence-corrected chi connectivity index (χ2v) is 7.35. The standard InChI is InChI=1S/C18H17FN2O2S2/c1-11-16(25-17(20-11)13-6-7-24-10-13)18(22)21(2)9-12-4-5-15(23-3)14(19)8-12/h4-8,10H,9H2,1-3H3. The van der Waals surface area contributed by atoms with Gasteiger partial charge in [-0.2, -0.15) is 11.3 Å². The van der Waals surface area contributed by atoms with Gasteiger partial charge in [-0.25, -0.2) is 9.37 Å². The van der Waals surface area contributed by atoms with Crippen LogP contribution in [0.2, 0.25) is 0 Å². The summed E-state index contributed by atoms with van der Waals surface area (Å²) < 4.78 is 18.7. The molecule has 0 fully saturated rings. The van der Waals surface area contributed by atoms with Crippen LogP contribution in [0.5, 0.6) is 5.75 Å². The predicted molar refractivity (Wildman–Crippen MR) is 98.9 cm³/mol. The summed E-state index contributed by atoms with van der Waals surface area (Å²) in [6.07, 6.45) is 0. The summed E-state index contributed by atoms with van der Waals surface area (Å²) in [6, 6.07) is 6.69. The Morgan fingerprint density at radius 3 is 2.80 bits per heavy atom. The number of aryl methyl sites for hydroxylation is 1. The first-order chi connectivity index (χ1) is 12.0. The van der Waals surface area contributed by atoms with Gasteiger partial charge in [0.15, 0.2) is 11.6 Å². The Balaban J connectivity index is 1.77. The molecule has 3 rings (SSSR count). The van der Waals surface area contributed by atoms with E-state index >= 15 is 0 Å². The molecule has 0 N–H and O–H groups in total. The second-order valence-electron chi connectivity index (χ2n) is 5.58. The van der Waals surface area contributed by atoms with Crippen LogP contribution in [0.25, 0.3) is 10.6 Å². The van der Waals surface area contributed by atoms with Crippen LogP contribution >= 0.6 is 22.7 Å². The van der Waals surface area contributed by atoms with E-state index in [2.05, 4.69) is 4.98 Å². The summed E-state index contributed by atoms with van der Waals surface area (Å²) in [6.45, 7) is 2.14. The summed E-state index contributed by atoms with van der Waals surface area (Å²) in [4.78, 5) is 19.4. The highest BCUT2D eigenvalue weighted by Crippen LogP contribution is 2.30. The van der Waals surface area contributed by atoms with Gasteiger partial charge in [-0.3, -0.25) is 4.79 Å². The van der Waals surface area contributed by atoms with E-state index in [0.29, 0.717) is 22.7 Å². The molecule has 0 bridgehead atoms. The molecule has 130 valence electrons. The first-order valence-corrected chi connectivity index (χ1v) is 9.33. The minimum atomic E-state index is -0.436. The number of methoxy groups -OCH3 is 1. The van der Waals surface area contributed by atoms with E-state index in [1.54, 1.807) is 35.4 Å². The normalized spacial score (nSPS) is 10.7. The van der Waals surface area contributed by atoms with Crippen molar-refractivity contribution in [1.29, 1.82) is 0 Å². The first-order valence-electron chi connectivity index (χ1n) is 7.57. The zero-order chi connectivity index (χ0) is 18.0. The zero-order valence-electron chi connectivity index (χ0n) is 14.1. The topological polar surface area (TPSA) is 42.4 Å². The molecular formula is C18H17FN2O2S2. The summed E-state index contributed by atoms with van der Waals surface area (Å²) in [5, 5.41) is 4.83. The van der Waals surface area contributed by atoms with Gasteiger partial charge >= 0.3 is 0 Å². The molecule has 1 aromatic carbocycles. The highest BCUT2D eigenvalue weighted by Gasteiger charge is 2.20. The maximum atomic E-state index is 13.8. The van der Waals surface area contributed by atoms with Crippen molar-refractivity contribution in [2.24, 2.45) is 0 Å². The monoisotopic (exact) mass is 376 g/mol. The number of halogens is 1. The number of aromatic nitrogens is 1. The van der Waals surface area contributed by atoms with Crippen LogP contribution < -0.4 is 4.74 Å². The molecule has 4 nitrogen and oxygen atoms in total. The van der Waals surface area contributed by atoms with Crippen molar-refractivity contribution >= 4 is 28.6 Å². The van der Waals surface area contributed by atoms with Gasteiger partial charge in [0.05, 0.1) is 12.8 Å². The molecular weight excluding hydrogens is 359 g/mol. The number of hydrogen-bond acceptors (Lipinski definition) is 5. The molecule has 0 saturated carbocycles. The maximum Gasteiger partial charge on any atom is 0.265 e. The van der Waals surface area contributed by atoms with Crippen LogP contribution in [-0.2, 0) is 6.54 Å². The van der Waals surface area contributed by atoms with Crippen LogP contribution in [0.15, 0.2) is 35.0 Å². The third-order valence-electron chi connectivity index (χ3n) is 3.74. The van der Waals surface area contributed by atoms with Crippen LogP contribution in [0.4, 0.5) is 4.39 Å². The average Bonchev–Trinajstić information content (AvgIpc) is 3.23. The molecule has 0 atom stereocenters. The molecule has 0 aliphatic carbocycles. The Morgan fingerprint density at radius 2 is 2.16 bits per heavy atom. The predicted octanol–water partition coefficient (Wildman–Crippen LogP) is 4.60. The molecule has 2 aromatic heterocycles. The van der Waals surface area contributed by atoms with E-state index in [1.807, 2.05) is 23.8 Å². The Hall–Kier alpha value is -2.25. The molecule has 0 radical (unpaired) electrons. The van der Waals surface area contributed by atoms with Crippen molar-refractivity contribution in [3.8, 4) is 16.3 Å². The molecule has 2 heterocycles. The van der Waals surface area contributed by atoms with E-state index in [9.17, 15) is 9.18 Å². The van der Waals surface area contributed by atoms with Crippen molar-refractivity contribution in [3.05, 3.63) is 57.0 Å².